The van der Waals surface area contributed by atoms with Crippen molar-refractivity contribution in [3.63, 3.8) is 0 Å². The lowest BCUT2D eigenvalue weighted by molar-refractivity contribution is -0.152. The molecule has 2 aliphatic carbocycles. The molecule has 0 radical (unpaired) electrons. The van der Waals surface area contributed by atoms with Gasteiger partial charge in [0, 0.05) is 18.5 Å². The van der Waals surface area contributed by atoms with Crippen molar-refractivity contribution < 1.29 is 51.1 Å². The molecule has 4 aromatic carbocycles. The van der Waals surface area contributed by atoms with E-state index >= 15 is 0 Å². The highest BCUT2D eigenvalue weighted by molar-refractivity contribution is 7.22. The van der Waals surface area contributed by atoms with Gasteiger partial charge in [-0.25, -0.2) is 14.8 Å². The van der Waals surface area contributed by atoms with Crippen molar-refractivity contribution in [2.45, 2.75) is 135 Å². The number of unbranched alkanes of at least 4 members (excludes halogenated alkanes) is 3. The number of alkyl halides is 3. The number of carbonyl (C=O) groups is 1. The van der Waals surface area contributed by atoms with Crippen LogP contribution >= 0.6 is 11.3 Å². The summed E-state index contributed by atoms with van der Waals surface area (Å²) in [5.74, 6) is 2.69. The number of carbonyl (C=O) groups excluding carboxylic acids is 1. The topological polar surface area (TPSA) is 113 Å². The van der Waals surface area contributed by atoms with Gasteiger partial charge in [0.1, 0.15) is 41.6 Å². The SMILES string of the molecule is C=C(C(=O)OCCOC1CCC(C2CCC(COc3ccc4c(/C=N/N(CCCCCC)c5nc6ccccc6s5)c(OCc5ccc(OCCCOC6OC6(C)C)cc5)ccc4c3)CC2)CC1)C(F)(F)F. The highest BCUT2D eigenvalue weighted by atomic mass is 32.1. The maximum Gasteiger partial charge on any atom is 0.422 e. The van der Waals surface area contributed by atoms with Crippen molar-refractivity contribution in [2.75, 3.05) is 44.6 Å². The summed E-state index contributed by atoms with van der Waals surface area (Å²) in [6, 6.07) is 26.7. The number of ether oxygens (including phenoxy) is 7. The lowest BCUT2D eigenvalue weighted by Gasteiger charge is -2.37. The van der Waals surface area contributed by atoms with Crippen LogP contribution in [0.15, 0.2) is 96.1 Å². The molecule has 3 fully saturated rings. The Labute approximate surface area is 426 Å². The van der Waals surface area contributed by atoms with E-state index in [0.717, 1.165) is 125 Å². The van der Waals surface area contributed by atoms with Gasteiger partial charge in [-0.05, 0) is 154 Å². The first-order chi connectivity index (χ1) is 34.8. The van der Waals surface area contributed by atoms with Gasteiger partial charge in [-0.15, -0.1) is 0 Å². The van der Waals surface area contributed by atoms with E-state index in [-0.39, 0.29) is 31.2 Å². The Morgan fingerprint density at radius 2 is 1.57 bits per heavy atom. The first kappa shape index (κ1) is 53.1. The van der Waals surface area contributed by atoms with Crippen LogP contribution < -0.4 is 19.2 Å². The Morgan fingerprint density at radius 1 is 0.833 bits per heavy atom. The average Bonchev–Trinajstić information content (AvgIpc) is 3.77. The van der Waals surface area contributed by atoms with E-state index < -0.39 is 17.7 Å². The van der Waals surface area contributed by atoms with Crippen molar-refractivity contribution in [3.8, 4) is 17.2 Å². The first-order valence-electron chi connectivity index (χ1n) is 25.9. The third-order valence-electron chi connectivity index (χ3n) is 14.1. The fraction of sp³-hybridized carbons (Fsp3) is 0.526. The number of hydrazone groups is 1. The number of rotatable bonds is 26. The van der Waals surface area contributed by atoms with Gasteiger partial charge in [0.15, 0.2) is 6.29 Å². The summed E-state index contributed by atoms with van der Waals surface area (Å²) >= 11 is 1.65. The number of esters is 1. The Kier molecular flexibility index (Phi) is 18.5. The lowest BCUT2D eigenvalue weighted by atomic mass is 9.71. The van der Waals surface area contributed by atoms with E-state index in [4.69, 9.17) is 43.2 Å². The lowest BCUT2D eigenvalue weighted by Crippen LogP contribution is -2.30. The molecule has 11 nitrogen and oxygen atoms in total. The second-order valence-corrected chi connectivity index (χ2v) is 20.9. The van der Waals surface area contributed by atoms with Gasteiger partial charge in [-0.3, -0.25) is 0 Å². The zero-order valence-electron chi connectivity index (χ0n) is 42.0. The van der Waals surface area contributed by atoms with Crippen LogP contribution in [0.25, 0.3) is 21.0 Å². The van der Waals surface area contributed by atoms with E-state index in [0.29, 0.717) is 44.2 Å². The molecule has 0 N–H and O–H groups in total. The van der Waals surface area contributed by atoms with E-state index in [2.05, 4.69) is 43.8 Å². The highest BCUT2D eigenvalue weighted by Gasteiger charge is 2.49. The molecular formula is C57H70F3N3O8S. The van der Waals surface area contributed by atoms with Crippen molar-refractivity contribution in [3.05, 3.63) is 102 Å². The molecule has 1 saturated heterocycles. The number of benzene rings is 4. The Bertz CT molecular complexity index is 2540. The molecule has 1 unspecified atom stereocenters. The zero-order chi connectivity index (χ0) is 50.5. The molecule has 1 atom stereocenters. The van der Waals surface area contributed by atoms with Crippen LogP contribution in [0.4, 0.5) is 18.3 Å². The van der Waals surface area contributed by atoms with Crippen molar-refractivity contribution in [1.29, 1.82) is 0 Å². The summed E-state index contributed by atoms with van der Waals surface area (Å²) in [5.41, 5.74) is 1.18. The minimum absolute atomic E-state index is 0.0293. The van der Waals surface area contributed by atoms with Gasteiger partial charge in [0.2, 0.25) is 5.13 Å². The second kappa shape index (κ2) is 25.1. The molecule has 1 aliphatic heterocycles. The standard InChI is InChI=1S/C57H70F3N3O8S/c1-5-6-7-10-30-63(55-62-50-12-8-9-13-52(50)72-55)61-36-49-48-28-27-47(35-44(48)22-29-51(49)70-38-41-16-23-45(24-17-41)65-31-11-32-68-54-56(3,4)71-54)69-37-40-14-18-42(19-15-40)43-20-25-46(26-21-43)66-33-34-67-53(64)39(2)57(58,59)60/h8-9,12-13,16-17,22-24,27-29,35-36,40,42-43,46,54H,2,5-7,10-11,14-15,18-21,25-26,30-34,37-38H2,1,3-4H3/b61-36+. The van der Waals surface area contributed by atoms with Gasteiger partial charge in [-0.1, -0.05) is 74.4 Å². The van der Waals surface area contributed by atoms with Gasteiger partial charge in [0.25, 0.3) is 0 Å². The van der Waals surface area contributed by atoms with Crippen LogP contribution in [0, 0.1) is 17.8 Å². The summed E-state index contributed by atoms with van der Waals surface area (Å²) in [7, 11) is 0. The number of epoxide rings is 1. The molecule has 388 valence electrons. The molecule has 1 aromatic heterocycles. The average molecular weight is 1010 g/mol. The fourth-order valence-electron chi connectivity index (χ4n) is 9.73. The molecule has 8 rings (SSSR count). The largest absolute Gasteiger partial charge is 0.494 e. The molecule has 0 spiro atoms. The van der Waals surface area contributed by atoms with Crippen LogP contribution in [0.1, 0.15) is 115 Å². The van der Waals surface area contributed by atoms with Gasteiger partial charge < -0.3 is 33.2 Å². The number of nitrogens with zero attached hydrogens (tertiary/aromatic N) is 3. The quantitative estimate of drug-likeness (QED) is 0.0132. The minimum Gasteiger partial charge on any atom is -0.494 e. The molecule has 2 heterocycles. The Hall–Kier alpha value is -5.22. The van der Waals surface area contributed by atoms with E-state index in [9.17, 15) is 18.0 Å². The number of aromatic nitrogens is 1. The van der Waals surface area contributed by atoms with E-state index in [1.807, 2.05) is 73.6 Å². The van der Waals surface area contributed by atoms with Gasteiger partial charge in [0.05, 0.1) is 49.0 Å². The third-order valence-corrected chi connectivity index (χ3v) is 15.2. The maximum absolute atomic E-state index is 12.7. The fourth-order valence-corrected chi connectivity index (χ4v) is 10.7. The predicted octanol–water partition coefficient (Wildman–Crippen LogP) is 13.8. The van der Waals surface area contributed by atoms with Crippen molar-refractivity contribution in [2.24, 2.45) is 22.9 Å². The summed E-state index contributed by atoms with van der Waals surface area (Å²) < 4.78 is 80.1. The summed E-state index contributed by atoms with van der Waals surface area (Å²) in [6.07, 6.45) is 10.8. The highest BCUT2D eigenvalue weighted by Crippen LogP contribution is 2.41. The summed E-state index contributed by atoms with van der Waals surface area (Å²) in [4.78, 5) is 16.6. The second-order valence-electron chi connectivity index (χ2n) is 19.9. The molecular weight excluding hydrogens is 944 g/mol. The minimum atomic E-state index is -4.80. The molecule has 72 heavy (non-hydrogen) atoms. The molecule has 3 aliphatic rings. The molecule has 0 amide bonds. The number of hydrogen-bond acceptors (Lipinski definition) is 12. The van der Waals surface area contributed by atoms with E-state index in [1.54, 1.807) is 11.3 Å². The van der Waals surface area contributed by atoms with E-state index in [1.165, 1.54) is 19.3 Å². The predicted molar refractivity (Wildman–Crippen MR) is 277 cm³/mol. The van der Waals surface area contributed by atoms with Gasteiger partial charge in [-0.2, -0.15) is 18.3 Å². The maximum atomic E-state index is 12.7. The zero-order valence-corrected chi connectivity index (χ0v) is 42.8. The third kappa shape index (κ3) is 14.9. The van der Waals surface area contributed by atoms with Crippen LogP contribution in [0.2, 0.25) is 0 Å². The van der Waals surface area contributed by atoms with Gasteiger partial charge >= 0.3 is 12.1 Å². The van der Waals surface area contributed by atoms with Crippen molar-refractivity contribution >= 4 is 49.6 Å². The Balaban J connectivity index is 0.870. The summed E-state index contributed by atoms with van der Waals surface area (Å²) in [6.45, 7) is 11.8. The van der Waals surface area contributed by atoms with Crippen LogP contribution in [-0.2, 0) is 30.3 Å². The van der Waals surface area contributed by atoms with Crippen molar-refractivity contribution in [1.82, 2.24) is 4.98 Å². The van der Waals surface area contributed by atoms with Crippen LogP contribution in [-0.4, -0.2) is 80.9 Å². The number of anilines is 1. The number of para-hydroxylation sites is 1. The molecule has 5 aromatic rings. The Morgan fingerprint density at radius 3 is 2.29 bits per heavy atom. The smallest absolute Gasteiger partial charge is 0.422 e. The summed E-state index contributed by atoms with van der Waals surface area (Å²) in [5, 5.41) is 10.1. The first-order valence-corrected chi connectivity index (χ1v) is 26.7. The number of fused-ring (bicyclic) bond motifs is 2. The normalized spacial score (nSPS) is 20.9. The monoisotopic (exact) mass is 1010 g/mol. The number of hydrogen-bond donors (Lipinski definition) is 0. The van der Waals surface area contributed by atoms with Crippen LogP contribution in [0.5, 0.6) is 17.2 Å². The number of thiazole rings is 1. The molecule has 0 bridgehead atoms. The molecule has 15 heteroatoms. The molecule has 2 saturated carbocycles. The number of halogens is 3. The van der Waals surface area contributed by atoms with Crippen LogP contribution in [0.3, 0.4) is 0 Å².